The van der Waals surface area contributed by atoms with Crippen molar-refractivity contribution in [1.82, 2.24) is 9.97 Å². The molecule has 0 fully saturated rings. The summed E-state index contributed by atoms with van der Waals surface area (Å²) >= 11 is 7.64. The van der Waals surface area contributed by atoms with E-state index in [0.29, 0.717) is 34.7 Å². The van der Waals surface area contributed by atoms with E-state index in [9.17, 15) is 9.59 Å². The number of carbonyl (C=O) groups is 1. The minimum atomic E-state index is -0.271. The number of carbonyl (C=O) groups excluding carboxylic acids is 1. The number of hydrogen-bond donors (Lipinski definition) is 1. The summed E-state index contributed by atoms with van der Waals surface area (Å²) in [5, 5.41) is 0.737. The third-order valence-electron chi connectivity index (χ3n) is 2.58. The summed E-state index contributed by atoms with van der Waals surface area (Å²) in [5.74, 6) is 0.304. The Morgan fingerprint density at radius 1 is 1.50 bits per heavy atom. The molecule has 2 rings (SSSR count). The smallest absolute Gasteiger partial charge is 0.306 e. The Hall–Kier alpha value is -1.53. The Labute approximate surface area is 124 Å². The molecule has 0 amide bonds. The van der Waals surface area contributed by atoms with Gasteiger partial charge in [0.1, 0.15) is 0 Å². The zero-order valence-corrected chi connectivity index (χ0v) is 12.4. The van der Waals surface area contributed by atoms with Crippen LogP contribution in [0.15, 0.2) is 28.2 Å². The predicted octanol–water partition coefficient (Wildman–Crippen LogP) is 2.62. The van der Waals surface area contributed by atoms with Crippen LogP contribution in [0.25, 0.3) is 10.9 Å². The van der Waals surface area contributed by atoms with Gasteiger partial charge in [-0.15, -0.1) is 11.8 Å². The summed E-state index contributed by atoms with van der Waals surface area (Å²) in [6.45, 7) is 2.14. The first-order chi connectivity index (χ1) is 9.63. The van der Waals surface area contributed by atoms with Crippen LogP contribution >= 0.6 is 23.4 Å². The second-order valence-corrected chi connectivity index (χ2v) is 5.42. The van der Waals surface area contributed by atoms with Crippen molar-refractivity contribution in [3.8, 4) is 0 Å². The fourth-order valence-electron chi connectivity index (χ4n) is 1.69. The summed E-state index contributed by atoms with van der Waals surface area (Å²) in [6, 6.07) is 3.54. The van der Waals surface area contributed by atoms with Gasteiger partial charge in [-0.1, -0.05) is 11.6 Å². The Balaban J connectivity index is 2.15. The molecule has 0 aliphatic rings. The largest absolute Gasteiger partial charge is 0.466 e. The van der Waals surface area contributed by atoms with Crippen molar-refractivity contribution in [2.75, 3.05) is 12.4 Å². The minimum Gasteiger partial charge on any atom is -0.466 e. The lowest BCUT2D eigenvalue weighted by molar-refractivity contribution is -0.142. The van der Waals surface area contributed by atoms with E-state index in [1.165, 1.54) is 18.1 Å². The molecule has 0 spiro atoms. The number of nitrogens with one attached hydrogen (secondary N) is 1. The SMILES string of the molecule is CCOC(=O)CCSc1ccc2nc[nH]c(=O)c2c1Cl. The van der Waals surface area contributed by atoms with Gasteiger partial charge in [0, 0.05) is 10.6 Å². The van der Waals surface area contributed by atoms with Crippen LogP contribution in [-0.4, -0.2) is 28.3 Å². The molecule has 0 atom stereocenters. The molecule has 0 aliphatic heterocycles. The molecule has 106 valence electrons. The normalized spacial score (nSPS) is 10.7. The van der Waals surface area contributed by atoms with Crippen LogP contribution < -0.4 is 5.56 Å². The Kier molecular flexibility index (Phi) is 5.03. The number of fused-ring (bicyclic) bond motifs is 1. The number of aromatic amines is 1. The number of hydrogen-bond acceptors (Lipinski definition) is 5. The van der Waals surface area contributed by atoms with Crippen molar-refractivity contribution < 1.29 is 9.53 Å². The number of benzene rings is 1. The maximum Gasteiger partial charge on any atom is 0.306 e. The first kappa shape index (κ1) is 14.9. The predicted molar refractivity (Wildman–Crippen MR) is 79.3 cm³/mol. The fraction of sp³-hybridized carbons (Fsp3) is 0.308. The Morgan fingerprint density at radius 2 is 2.30 bits per heavy atom. The van der Waals surface area contributed by atoms with E-state index in [2.05, 4.69) is 9.97 Å². The van der Waals surface area contributed by atoms with Gasteiger partial charge in [0.05, 0.1) is 35.3 Å². The third-order valence-corrected chi connectivity index (χ3v) is 4.14. The zero-order chi connectivity index (χ0) is 14.5. The van der Waals surface area contributed by atoms with Gasteiger partial charge in [-0.25, -0.2) is 4.98 Å². The molecule has 0 radical (unpaired) electrons. The van der Waals surface area contributed by atoms with Crippen molar-refractivity contribution >= 4 is 40.2 Å². The third kappa shape index (κ3) is 3.32. The first-order valence-corrected chi connectivity index (χ1v) is 7.44. The average molecular weight is 313 g/mol. The highest BCUT2D eigenvalue weighted by molar-refractivity contribution is 7.99. The molecule has 0 saturated heterocycles. The molecule has 7 heteroatoms. The average Bonchev–Trinajstić information content (AvgIpc) is 2.42. The number of esters is 1. The molecule has 0 bridgehead atoms. The van der Waals surface area contributed by atoms with Crippen LogP contribution in [0.3, 0.4) is 0 Å². The van der Waals surface area contributed by atoms with Gasteiger partial charge >= 0.3 is 5.97 Å². The summed E-state index contributed by atoms with van der Waals surface area (Å²) in [6.07, 6.45) is 1.64. The monoisotopic (exact) mass is 312 g/mol. The van der Waals surface area contributed by atoms with Gasteiger partial charge < -0.3 is 9.72 Å². The van der Waals surface area contributed by atoms with E-state index >= 15 is 0 Å². The highest BCUT2D eigenvalue weighted by Crippen LogP contribution is 2.31. The van der Waals surface area contributed by atoms with E-state index in [4.69, 9.17) is 16.3 Å². The standard InChI is InChI=1S/C13H13ClN2O3S/c1-2-19-10(17)5-6-20-9-4-3-8-11(12(9)14)13(18)16-7-15-8/h3-4,7H,2,5-6H2,1H3,(H,15,16,18). The van der Waals surface area contributed by atoms with Gasteiger partial charge in [0.25, 0.3) is 5.56 Å². The van der Waals surface area contributed by atoms with Crippen molar-refractivity contribution in [2.24, 2.45) is 0 Å². The van der Waals surface area contributed by atoms with Crippen LogP contribution in [0.4, 0.5) is 0 Å². The number of ether oxygens (including phenoxy) is 1. The molecule has 0 aliphatic carbocycles. The zero-order valence-electron chi connectivity index (χ0n) is 10.8. The number of halogens is 1. The molecule has 0 unspecified atom stereocenters. The number of H-pyrrole nitrogens is 1. The van der Waals surface area contributed by atoms with Crippen LogP contribution in [0.1, 0.15) is 13.3 Å². The summed E-state index contributed by atoms with van der Waals surface area (Å²) in [7, 11) is 0. The lowest BCUT2D eigenvalue weighted by Crippen LogP contribution is -2.07. The van der Waals surface area contributed by atoms with Crippen molar-refractivity contribution in [3.63, 3.8) is 0 Å². The van der Waals surface area contributed by atoms with E-state index in [1.54, 1.807) is 19.1 Å². The van der Waals surface area contributed by atoms with Gasteiger partial charge in [-0.05, 0) is 19.1 Å². The van der Waals surface area contributed by atoms with Crippen molar-refractivity contribution in [2.45, 2.75) is 18.2 Å². The van der Waals surface area contributed by atoms with Crippen LogP contribution in [0.2, 0.25) is 5.02 Å². The second kappa shape index (κ2) is 6.76. The molecule has 1 N–H and O–H groups in total. The minimum absolute atomic E-state index is 0.239. The number of thioether (sulfide) groups is 1. The van der Waals surface area contributed by atoms with E-state index in [1.807, 2.05) is 0 Å². The number of nitrogens with zero attached hydrogens (tertiary/aromatic N) is 1. The summed E-state index contributed by atoms with van der Waals surface area (Å²) in [5.41, 5.74) is 0.279. The molecule has 1 heterocycles. The number of aromatic nitrogens is 2. The molecule has 2 aromatic rings. The fourth-order valence-corrected chi connectivity index (χ4v) is 2.98. The molecular formula is C13H13ClN2O3S. The Morgan fingerprint density at radius 3 is 3.05 bits per heavy atom. The quantitative estimate of drug-likeness (QED) is 0.678. The highest BCUT2D eigenvalue weighted by Gasteiger charge is 2.11. The topological polar surface area (TPSA) is 72.0 Å². The van der Waals surface area contributed by atoms with Gasteiger partial charge in [-0.2, -0.15) is 0 Å². The maximum absolute atomic E-state index is 11.8. The van der Waals surface area contributed by atoms with Crippen molar-refractivity contribution in [3.05, 3.63) is 33.8 Å². The van der Waals surface area contributed by atoms with E-state index in [-0.39, 0.29) is 11.5 Å². The van der Waals surface area contributed by atoms with Crippen LogP contribution in [0, 0.1) is 0 Å². The van der Waals surface area contributed by atoms with Crippen molar-refractivity contribution in [1.29, 1.82) is 0 Å². The molecule has 0 saturated carbocycles. The first-order valence-electron chi connectivity index (χ1n) is 6.07. The molecule has 1 aromatic carbocycles. The van der Waals surface area contributed by atoms with E-state index in [0.717, 1.165) is 4.90 Å². The van der Waals surface area contributed by atoms with E-state index < -0.39 is 0 Å². The molecular weight excluding hydrogens is 300 g/mol. The summed E-state index contributed by atoms with van der Waals surface area (Å²) in [4.78, 5) is 30.3. The lowest BCUT2D eigenvalue weighted by Gasteiger charge is -2.06. The molecule has 1 aromatic heterocycles. The molecule has 5 nitrogen and oxygen atoms in total. The lowest BCUT2D eigenvalue weighted by atomic mass is 10.2. The van der Waals surface area contributed by atoms with Crippen LogP contribution in [0.5, 0.6) is 0 Å². The van der Waals surface area contributed by atoms with Gasteiger partial charge in [-0.3, -0.25) is 9.59 Å². The highest BCUT2D eigenvalue weighted by atomic mass is 35.5. The van der Waals surface area contributed by atoms with Gasteiger partial charge in [0.2, 0.25) is 0 Å². The van der Waals surface area contributed by atoms with Gasteiger partial charge in [0.15, 0.2) is 0 Å². The Bertz CT molecular complexity index is 687. The second-order valence-electron chi connectivity index (χ2n) is 3.91. The summed E-state index contributed by atoms with van der Waals surface area (Å²) < 4.78 is 4.85. The number of rotatable bonds is 5. The molecule has 20 heavy (non-hydrogen) atoms. The van der Waals surface area contributed by atoms with Crippen LogP contribution in [-0.2, 0) is 9.53 Å². The maximum atomic E-state index is 11.8.